The molecule has 1 rings (SSSR count). The molecule has 0 amide bonds. The summed E-state index contributed by atoms with van der Waals surface area (Å²) in [6, 6.07) is 0. The second-order valence-corrected chi connectivity index (χ2v) is 5.76. The quantitative estimate of drug-likeness (QED) is 0.608. The maximum absolute atomic E-state index is 5.68. The summed E-state index contributed by atoms with van der Waals surface area (Å²) in [4.78, 5) is 2.63. The Kier molecular flexibility index (Phi) is 7.87. The first-order valence-electron chi connectivity index (χ1n) is 7.77. The standard InChI is InChI=1S/C15H32N2O/c1-4-8-16-12-15(7-11-18-14-15)13-17(9-5-2)10-6-3/h16H,4-14H2,1-3H3. The Labute approximate surface area is 113 Å². The van der Waals surface area contributed by atoms with E-state index in [1.807, 2.05) is 0 Å². The molecule has 1 aliphatic rings. The third kappa shape index (κ3) is 5.25. The summed E-state index contributed by atoms with van der Waals surface area (Å²) in [5, 5.41) is 3.60. The minimum absolute atomic E-state index is 0.361. The zero-order valence-electron chi connectivity index (χ0n) is 12.6. The average molecular weight is 256 g/mol. The highest BCUT2D eigenvalue weighted by atomic mass is 16.5. The van der Waals surface area contributed by atoms with E-state index in [1.165, 1.54) is 45.3 Å². The molecule has 0 aromatic carbocycles. The van der Waals surface area contributed by atoms with Gasteiger partial charge < -0.3 is 15.0 Å². The van der Waals surface area contributed by atoms with Crippen molar-refractivity contribution in [2.24, 2.45) is 5.41 Å². The van der Waals surface area contributed by atoms with Gasteiger partial charge in [-0.1, -0.05) is 20.8 Å². The summed E-state index contributed by atoms with van der Waals surface area (Å²) in [7, 11) is 0. The van der Waals surface area contributed by atoms with Crippen LogP contribution in [0.4, 0.5) is 0 Å². The Hall–Kier alpha value is -0.120. The predicted octanol–water partition coefficient (Wildman–Crippen LogP) is 2.51. The lowest BCUT2D eigenvalue weighted by atomic mass is 9.86. The SMILES string of the molecule is CCCNCC1(CN(CCC)CCC)CCOC1. The summed E-state index contributed by atoms with van der Waals surface area (Å²) < 4.78 is 5.68. The van der Waals surface area contributed by atoms with Crippen LogP contribution in [0.2, 0.25) is 0 Å². The van der Waals surface area contributed by atoms with Gasteiger partial charge in [-0.05, 0) is 45.3 Å². The molecule has 1 atom stereocenters. The molecule has 1 N–H and O–H groups in total. The lowest BCUT2D eigenvalue weighted by Crippen LogP contribution is -2.45. The number of nitrogens with one attached hydrogen (secondary N) is 1. The molecular weight excluding hydrogens is 224 g/mol. The Morgan fingerprint density at radius 2 is 1.83 bits per heavy atom. The van der Waals surface area contributed by atoms with Gasteiger partial charge in [-0.3, -0.25) is 0 Å². The first-order chi connectivity index (χ1) is 8.76. The van der Waals surface area contributed by atoms with Crippen molar-refractivity contribution in [3.05, 3.63) is 0 Å². The fourth-order valence-corrected chi connectivity index (χ4v) is 2.88. The Morgan fingerprint density at radius 1 is 1.11 bits per heavy atom. The summed E-state index contributed by atoms with van der Waals surface area (Å²) in [6.07, 6.45) is 4.93. The third-order valence-corrected chi connectivity index (χ3v) is 3.75. The van der Waals surface area contributed by atoms with Gasteiger partial charge in [0.2, 0.25) is 0 Å². The van der Waals surface area contributed by atoms with E-state index in [4.69, 9.17) is 4.74 Å². The lowest BCUT2D eigenvalue weighted by molar-refractivity contribution is 0.108. The third-order valence-electron chi connectivity index (χ3n) is 3.75. The van der Waals surface area contributed by atoms with Crippen LogP contribution in [0.5, 0.6) is 0 Å². The van der Waals surface area contributed by atoms with Crippen LogP contribution in [-0.2, 0) is 4.74 Å². The molecule has 108 valence electrons. The highest BCUT2D eigenvalue weighted by Gasteiger charge is 2.35. The number of hydrogen-bond acceptors (Lipinski definition) is 3. The van der Waals surface area contributed by atoms with E-state index >= 15 is 0 Å². The van der Waals surface area contributed by atoms with Gasteiger partial charge in [-0.15, -0.1) is 0 Å². The van der Waals surface area contributed by atoms with Crippen LogP contribution >= 0.6 is 0 Å². The van der Waals surface area contributed by atoms with Crippen molar-refractivity contribution < 1.29 is 4.74 Å². The van der Waals surface area contributed by atoms with E-state index < -0.39 is 0 Å². The van der Waals surface area contributed by atoms with Crippen LogP contribution in [0.25, 0.3) is 0 Å². The van der Waals surface area contributed by atoms with E-state index in [1.54, 1.807) is 0 Å². The summed E-state index contributed by atoms with van der Waals surface area (Å²) >= 11 is 0. The van der Waals surface area contributed by atoms with E-state index in [2.05, 4.69) is 31.0 Å². The first-order valence-corrected chi connectivity index (χ1v) is 7.77. The van der Waals surface area contributed by atoms with Crippen LogP contribution in [-0.4, -0.2) is 50.8 Å². The molecule has 0 bridgehead atoms. The van der Waals surface area contributed by atoms with Gasteiger partial charge in [0.25, 0.3) is 0 Å². The van der Waals surface area contributed by atoms with E-state index in [9.17, 15) is 0 Å². The Balaban J connectivity index is 2.48. The second-order valence-electron chi connectivity index (χ2n) is 5.76. The molecule has 0 saturated carbocycles. The van der Waals surface area contributed by atoms with Gasteiger partial charge in [-0.2, -0.15) is 0 Å². The highest BCUT2D eigenvalue weighted by Crippen LogP contribution is 2.29. The molecule has 3 nitrogen and oxygen atoms in total. The summed E-state index contributed by atoms with van der Waals surface area (Å²) in [5.74, 6) is 0. The Bertz CT molecular complexity index is 197. The minimum atomic E-state index is 0.361. The van der Waals surface area contributed by atoms with Crippen LogP contribution in [0, 0.1) is 5.41 Å². The number of ether oxygens (including phenoxy) is 1. The minimum Gasteiger partial charge on any atom is -0.381 e. The number of hydrogen-bond donors (Lipinski definition) is 1. The van der Waals surface area contributed by atoms with Gasteiger partial charge in [0.05, 0.1) is 6.61 Å². The molecule has 0 radical (unpaired) electrons. The molecule has 1 aliphatic heterocycles. The second kappa shape index (κ2) is 8.89. The number of rotatable bonds is 10. The van der Waals surface area contributed by atoms with Crippen molar-refractivity contribution in [3.8, 4) is 0 Å². The van der Waals surface area contributed by atoms with Crippen LogP contribution in [0.15, 0.2) is 0 Å². The van der Waals surface area contributed by atoms with Crippen LogP contribution < -0.4 is 5.32 Å². The summed E-state index contributed by atoms with van der Waals surface area (Å²) in [5.41, 5.74) is 0.361. The van der Waals surface area contributed by atoms with Crippen molar-refractivity contribution in [3.63, 3.8) is 0 Å². The fourth-order valence-electron chi connectivity index (χ4n) is 2.88. The van der Waals surface area contributed by atoms with Gasteiger partial charge in [0.1, 0.15) is 0 Å². The zero-order chi connectivity index (χ0) is 13.3. The smallest absolute Gasteiger partial charge is 0.0547 e. The zero-order valence-corrected chi connectivity index (χ0v) is 12.6. The predicted molar refractivity (Wildman–Crippen MR) is 78.1 cm³/mol. The molecule has 18 heavy (non-hydrogen) atoms. The molecule has 1 heterocycles. The molecular formula is C15H32N2O. The maximum atomic E-state index is 5.68. The monoisotopic (exact) mass is 256 g/mol. The molecule has 1 unspecified atom stereocenters. The summed E-state index contributed by atoms with van der Waals surface area (Å²) in [6.45, 7) is 14.6. The molecule has 3 heteroatoms. The molecule has 1 fully saturated rings. The van der Waals surface area contributed by atoms with Crippen LogP contribution in [0.1, 0.15) is 46.5 Å². The largest absolute Gasteiger partial charge is 0.381 e. The van der Waals surface area contributed by atoms with E-state index in [-0.39, 0.29) is 0 Å². The molecule has 0 aliphatic carbocycles. The normalized spacial score (nSPS) is 24.0. The van der Waals surface area contributed by atoms with Crippen molar-refractivity contribution >= 4 is 0 Å². The molecule has 1 saturated heterocycles. The average Bonchev–Trinajstić information content (AvgIpc) is 2.79. The molecule has 0 aromatic rings. The topological polar surface area (TPSA) is 24.5 Å². The highest BCUT2D eigenvalue weighted by molar-refractivity contribution is 4.88. The first kappa shape index (κ1) is 15.9. The van der Waals surface area contributed by atoms with Gasteiger partial charge in [0.15, 0.2) is 0 Å². The van der Waals surface area contributed by atoms with Gasteiger partial charge in [0, 0.05) is 25.1 Å². The van der Waals surface area contributed by atoms with Crippen LogP contribution in [0.3, 0.4) is 0 Å². The lowest BCUT2D eigenvalue weighted by Gasteiger charge is -2.34. The van der Waals surface area contributed by atoms with E-state index in [0.717, 1.165) is 26.3 Å². The fraction of sp³-hybridized carbons (Fsp3) is 1.00. The van der Waals surface area contributed by atoms with Crippen molar-refractivity contribution in [1.82, 2.24) is 10.2 Å². The molecule has 0 aromatic heterocycles. The Morgan fingerprint density at radius 3 is 2.33 bits per heavy atom. The van der Waals surface area contributed by atoms with Gasteiger partial charge in [-0.25, -0.2) is 0 Å². The van der Waals surface area contributed by atoms with Crippen molar-refractivity contribution in [1.29, 1.82) is 0 Å². The van der Waals surface area contributed by atoms with E-state index in [0.29, 0.717) is 5.41 Å². The van der Waals surface area contributed by atoms with Gasteiger partial charge >= 0.3 is 0 Å². The molecule has 0 spiro atoms. The van der Waals surface area contributed by atoms with Crippen molar-refractivity contribution in [2.45, 2.75) is 46.5 Å². The van der Waals surface area contributed by atoms with Crippen molar-refractivity contribution in [2.75, 3.05) is 45.9 Å². The number of nitrogens with zero attached hydrogens (tertiary/aromatic N) is 1. The maximum Gasteiger partial charge on any atom is 0.0547 e.